The van der Waals surface area contributed by atoms with Crippen molar-refractivity contribution in [1.82, 2.24) is 9.88 Å². The molecule has 7 heteroatoms. The third kappa shape index (κ3) is 4.03. The Bertz CT molecular complexity index is 1190. The lowest BCUT2D eigenvalue weighted by Crippen LogP contribution is -2.26. The van der Waals surface area contributed by atoms with Gasteiger partial charge in [-0.3, -0.25) is 14.5 Å². The summed E-state index contributed by atoms with van der Waals surface area (Å²) in [5, 5.41) is 9.83. The van der Waals surface area contributed by atoms with Crippen molar-refractivity contribution in [2.75, 3.05) is 14.2 Å². The van der Waals surface area contributed by atoms with Gasteiger partial charge in [-0.2, -0.15) is 5.26 Å². The largest absolute Gasteiger partial charge is 0.497 e. The summed E-state index contributed by atoms with van der Waals surface area (Å²) < 4.78 is 5.24. The second-order valence-corrected chi connectivity index (χ2v) is 8.23. The van der Waals surface area contributed by atoms with Gasteiger partial charge in [0.2, 0.25) is 11.8 Å². The molecule has 3 aromatic rings. The summed E-state index contributed by atoms with van der Waals surface area (Å²) in [6, 6.07) is 21.2. The summed E-state index contributed by atoms with van der Waals surface area (Å²) in [5.41, 5.74) is 3.52. The molecular formula is C24H19N3O3S. The number of thioether (sulfide) groups is 1. The molecule has 4 rings (SSSR count). The zero-order chi connectivity index (χ0) is 22.0. The number of nitriles is 1. The van der Waals surface area contributed by atoms with Crippen molar-refractivity contribution in [1.29, 1.82) is 5.26 Å². The van der Waals surface area contributed by atoms with Gasteiger partial charge in [-0.05, 0) is 23.8 Å². The van der Waals surface area contributed by atoms with E-state index in [0.717, 1.165) is 16.0 Å². The average molecular weight is 430 g/mol. The van der Waals surface area contributed by atoms with Gasteiger partial charge in [-0.1, -0.05) is 54.2 Å². The maximum atomic E-state index is 12.5. The SMILES string of the molecule is COc1ccc(-c2cc(-c3ccccc3)nc(SC3CC(=O)N(C)C3=O)c2C#N)cc1. The lowest BCUT2D eigenvalue weighted by Gasteiger charge is -2.14. The topological polar surface area (TPSA) is 83.3 Å². The van der Waals surface area contributed by atoms with Crippen LogP contribution in [-0.2, 0) is 9.59 Å². The summed E-state index contributed by atoms with van der Waals surface area (Å²) in [6.45, 7) is 0. The van der Waals surface area contributed by atoms with E-state index >= 15 is 0 Å². The Hall–Kier alpha value is -3.63. The number of rotatable bonds is 5. The second-order valence-electron chi connectivity index (χ2n) is 7.04. The number of methoxy groups -OCH3 is 1. The number of amides is 2. The van der Waals surface area contributed by atoms with Crippen molar-refractivity contribution < 1.29 is 14.3 Å². The number of ether oxygens (including phenoxy) is 1. The lowest BCUT2D eigenvalue weighted by atomic mass is 9.99. The van der Waals surface area contributed by atoms with Crippen LogP contribution in [0.5, 0.6) is 5.75 Å². The zero-order valence-corrected chi connectivity index (χ0v) is 17.8. The van der Waals surface area contributed by atoms with Gasteiger partial charge in [-0.25, -0.2) is 4.98 Å². The van der Waals surface area contributed by atoms with Gasteiger partial charge in [0.15, 0.2) is 0 Å². The van der Waals surface area contributed by atoms with Crippen LogP contribution in [-0.4, -0.2) is 41.1 Å². The number of carbonyl (C=O) groups excluding carboxylic acids is 2. The Morgan fingerprint density at radius 3 is 2.39 bits per heavy atom. The molecule has 1 atom stereocenters. The molecule has 1 aromatic heterocycles. The molecule has 0 N–H and O–H groups in total. The van der Waals surface area contributed by atoms with Gasteiger partial charge in [0, 0.05) is 24.6 Å². The number of hydrogen-bond acceptors (Lipinski definition) is 6. The number of likely N-dealkylation sites (tertiary alicyclic amines) is 1. The molecule has 2 aromatic carbocycles. The molecule has 31 heavy (non-hydrogen) atoms. The van der Waals surface area contributed by atoms with Crippen LogP contribution in [0.25, 0.3) is 22.4 Å². The summed E-state index contributed by atoms with van der Waals surface area (Å²) in [5.74, 6) is 0.222. The quantitative estimate of drug-likeness (QED) is 0.567. The van der Waals surface area contributed by atoms with Crippen LogP contribution >= 0.6 is 11.8 Å². The van der Waals surface area contributed by atoms with Crippen LogP contribution in [0.15, 0.2) is 65.7 Å². The number of benzene rings is 2. The van der Waals surface area contributed by atoms with Crippen LogP contribution in [0, 0.1) is 11.3 Å². The normalized spacial score (nSPS) is 15.8. The molecule has 0 saturated carbocycles. The highest BCUT2D eigenvalue weighted by molar-refractivity contribution is 8.00. The maximum absolute atomic E-state index is 12.5. The van der Waals surface area contributed by atoms with E-state index in [-0.39, 0.29) is 18.2 Å². The number of imide groups is 1. The number of nitrogens with zero attached hydrogens (tertiary/aromatic N) is 3. The van der Waals surface area contributed by atoms with Crippen LogP contribution in [0.1, 0.15) is 12.0 Å². The van der Waals surface area contributed by atoms with E-state index in [9.17, 15) is 14.9 Å². The first-order chi connectivity index (χ1) is 15.0. The lowest BCUT2D eigenvalue weighted by molar-refractivity contribution is -0.136. The molecule has 0 radical (unpaired) electrons. The fourth-order valence-corrected chi connectivity index (χ4v) is 4.60. The van der Waals surface area contributed by atoms with Crippen molar-refractivity contribution in [2.24, 2.45) is 0 Å². The Morgan fingerprint density at radius 2 is 1.81 bits per heavy atom. The predicted octanol–water partition coefficient (Wildman–Crippen LogP) is 4.15. The van der Waals surface area contributed by atoms with Gasteiger partial charge in [0.1, 0.15) is 16.8 Å². The highest BCUT2D eigenvalue weighted by Gasteiger charge is 2.37. The summed E-state index contributed by atoms with van der Waals surface area (Å²) in [4.78, 5) is 30.3. The maximum Gasteiger partial charge on any atom is 0.242 e. The van der Waals surface area contributed by atoms with E-state index < -0.39 is 5.25 Å². The highest BCUT2D eigenvalue weighted by Crippen LogP contribution is 2.38. The third-order valence-corrected chi connectivity index (χ3v) is 6.33. The molecule has 1 aliphatic heterocycles. The molecule has 2 heterocycles. The minimum atomic E-state index is -0.591. The van der Waals surface area contributed by atoms with E-state index in [0.29, 0.717) is 27.6 Å². The number of carbonyl (C=O) groups is 2. The molecule has 1 fully saturated rings. The molecule has 0 aliphatic carbocycles. The molecular weight excluding hydrogens is 410 g/mol. The van der Waals surface area contributed by atoms with Crippen molar-refractivity contribution in [3.05, 3.63) is 66.2 Å². The van der Waals surface area contributed by atoms with Crippen LogP contribution in [0.2, 0.25) is 0 Å². The first-order valence-electron chi connectivity index (χ1n) is 9.64. The van der Waals surface area contributed by atoms with E-state index in [2.05, 4.69) is 6.07 Å². The molecule has 1 aliphatic rings. The molecule has 154 valence electrons. The zero-order valence-electron chi connectivity index (χ0n) is 17.0. The van der Waals surface area contributed by atoms with Crippen LogP contribution in [0.3, 0.4) is 0 Å². The minimum Gasteiger partial charge on any atom is -0.497 e. The highest BCUT2D eigenvalue weighted by atomic mass is 32.2. The minimum absolute atomic E-state index is 0.0972. The Kier molecular flexibility index (Phi) is 5.74. The first kappa shape index (κ1) is 20.6. The molecule has 1 saturated heterocycles. The standard InChI is InChI=1S/C24H19N3O3S/c1-27-22(28)13-21(24(27)29)31-23-19(14-25)18(15-8-10-17(30-2)11-9-15)12-20(26-23)16-6-4-3-5-7-16/h3-12,21H,13H2,1-2H3. The summed E-state index contributed by atoms with van der Waals surface area (Å²) in [7, 11) is 3.08. The van der Waals surface area contributed by atoms with E-state index in [1.807, 2.05) is 60.7 Å². The number of pyridine rings is 1. The molecule has 0 spiro atoms. The molecule has 2 amide bonds. The van der Waals surface area contributed by atoms with Gasteiger partial charge < -0.3 is 4.74 Å². The van der Waals surface area contributed by atoms with Crippen molar-refractivity contribution >= 4 is 23.6 Å². The van der Waals surface area contributed by atoms with Gasteiger partial charge >= 0.3 is 0 Å². The summed E-state index contributed by atoms with van der Waals surface area (Å²) in [6.07, 6.45) is 0.0972. The number of hydrogen-bond donors (Lipinski definition) is 0. The van der Waals surface area contributed by atoms with E-state index in [1.165, 1.54) is 18.8 Å². The fourth-order valence-electron chi connectivity index (χ4n) is 3.42. The first-order valence-corrected chi connectivity index (χ1v) is 10.5. The van der Waals surface area contributed by atoms with Gasteiger partial charge in [-0.15, -0.1) is 0 Å². The van der Waals surface area contributed by atoms with Crippen molar-refractivity contribution in [3.8, 4) is 34.2 Å². The summed E-state index contributed by atoms with van der Waals surface area (Å²) >= 11 is 1.17. The fraction of sp³-hybridized carbons (Fsp3) is 0.167. The van der Waals surface area contributed by atoms with Crippen LogP contribution < -0.4 is 4.74 Å². The van der Waals surface area contributed by atoms with Gasteiger partial charge in [0.25, 0.3) is 0 Å². The number of aromatic nitrogens is 1. The third-order valence-electron chi connectivity index (χ3n) is 5.16. The van der Waals surface area contributed by atoms with Crippen molar-refractivity contribution in [3.63, 3.8) is 0 Å². The predicted molar refractivity (Wildman–Crippen MR) is 118 cm³/mol. The molecule has 1 unspecified atom stereocenters. The monoisotopic (exact) mass is 429 g/mol. The van der Waals surface area contributed by atoms with Crippen LogP contribution in [0.4, 0.5) is 0 Å². The molecule has 6 nitrogen and oxygen atoms in total. The average Bonchev–Trinajstić information content (AvgIpc) is 3.05. The molecule has 0 bridgehead atoms. The Morgan fingerprint density at radius 1 is 1.10 bits per heavy atom. The van der Waals surface area contributed by atoms with Crippen molar-refractivity contribution in [2.45, 2.75) is 16.7 Å². The Labute approximate surface area is 184 Å². The van der Waals surface area contributed by atoms with Gasteiger partial charge in [0.05, 0.1) is 23.6 Å². The smallest absolute Gasteiger partial charge is 0.242 e. The van der Waals surface area contributed by atoms with E-state index in [1.54, 1.807) is 7.11 Å². The Balaban J connectivity index is 1.85. The second kappa shape index (κ2) is 8.62. The van der Waals surface area contributed by atoms with E-state index in [4.69, 9.17) is 9.72 Å².